The number of hydrogen-bond acceptors (Lipinski definition) is 4. The molecule has 1 atom stereocenters. The van der Waals surface area contributed by atoms with Crippen LogP contribution in [0.4, 0.5) is 5.69 Å². The van der Waals surface area contributed by atoms with E-state index in [2.05, 4.69) is 5.32 Å². The molecule has 0 aromatic heterocycles. The van der Waals surface area contributed by atoms with Gasteiger partial charge in [0.15, 0.2) is 0 Å². The topological polar surface area (TPSA) is 73.6 Å². The molecule has 0 heterocycles. The predicted molar refractivity (Wildman–Crippen MR) is 75.7 cm³/mol. The molecule has 0 aliphatic carbocycles. The second-order valence-corrected chi connectivity index (χ2v) is 4.52. The molecular formula is C14H22N2O3. The summed E-state index contributed by atoms with van der Waals surface area (Å²) in [5.74, 6) is 1.26. The van der Waals surface area contributed by atoms with Crippen molar-refractivity contribution in [2.75, 3.05) is 19.5 Å². The van der Waals surface area contributed by atoms with Crippen LogP contribution in [0.3, 0.4) is 0 Å². The summed E-state index contributed by atoms with van der Waals surface area (Å²) < 4.78 is 10.3. The van der Waals surface area contributed by atoms with Crippen molar-refractivity contribution in [3.63, 3.8) is 0 Å². The molecule has 0 bridgehead atoms. The van der Waals surface area contributed by atoms with Gasteiger partial charge in [0.25, 0.3) is 0 Å². The van der Waals surface area contributed by atoms with Gasteiger partial charge in [0.05, 0.1) is 14.2 Å². The Labute approximate surface area is 114 Å². The first-order valence-electron chi connectivity index (χ1n) is 6.33. The van der Waals surface area contributed by atoms with Gasteiger partial charge in [-0.2, -0.15) is 0 Å². The quantitative estimate of drug-likeness (QED) is 0.793. The van der Waals surface area contributed by atoms with Crippen LogP contribution in [-0.4, -0.2) is 26.2 Å². The minimum Gasteiger partial charge on any atom is -0.497 e. The van der Waals surface area contributed by atoms with Gasteiger partial charge in [0.1, 0.15) is 11.5 Å². The fourth-order valence-corrected chi connectivity index (χ4v) is 1.69. The summed E-state index contributed by atoms with van der Waals surface area (Å²) in [6.45, 7) is 1.94. The first-order valence-corrected chi connectivity index (χ1v) is 6.33. The maximum Gasteiger partial charge on any atom is 0.224 e. The van der Waals surface area contributed by atoms with Crippen molar-refractivity contribution in [1.82, 2.24) is 0 Å². The van der Waals surface area contributed by atoms with E-state index in [0.717, 1.165) is 12.8 Å². The molecule has 19 heavy (non-hydrogen) atoms. The number of rotatable bonds is 7. The fraction of sp³-hybridized carbons (Fsp3) is 0.500. The highest BCUT2D eigenvalue weighted by Gasteiger charge is 2.06. The Morgan fingerprint density at radius 1 is 1.26 bits per heavy atom. The molecular weight excluding hydrogens is 244 g/mol. The third kappa shape index (κ3) is 5.61. The minimum atomic E-state index is -0.0315. The molecule has 1 rings (SSSR count). The zero-order chi connectivity index (χ0) is 14.3. The van der Waals surface area contributed by atoms with Gasteiger partial charge in [-0.05, 0) is 19.8 Å². The van der Waals surface area contributed by atoms with Crippen molar-refractivity contribution >= 4 is 11.6 Å². The van der Waals surface area contributed by atoms with E-state index < -0.39 is 0 Å². The van der Waals surface area contributed by atoms with Crippen molar-refractivity contribution in [2.45, 2.75) is 32.2 Å². The average molecular weight is 266 g/mol. The second-order valence-electron chi connectivity index (χ2n) is 4.52. The van der Waals surface area contributed by atoms with Gasteiger partial charge in [0, 0.05) is 36.3 Å². The zero-order valence-electron chi connectivity index (χ0n) is 11.7. The molecule has 5 heteroatoms. The Hall–Kier alpha value is -1.75. The zero-order valence-corrected chi connectivity index (χ0v) is 11.7. The summed E-state index contributed by atoms with van der Waals surface area (Å²) in [6.07, 6.45) is 2.08. The predicted octanol–water partition coefficient (Wildman–Crippen LogP) is 2.16. The van der Waals surface area contributed by atoms with Crippen LogP contribution in [0.25, 0.3) is 0 Å². The van der Waals surface area contributed by atoms with E-state index >= 15 is 0 Å². The minimum absolute atomic E-state index is 0.0315. The van der Waals surface area contributed by atoms with Gasteiger partial charge < -0.3 is 20.5 Å². The largest absolute Gasteiger partial charge is 0.497 e. The van der Waals surface area contributed by atoms with Crippen LogP contribution >= 0.6 is 0 Å². The highest BCUT2D eigenvalue weighted by molar-refractivity contribution is 5.91. The van der Waals surface area contributed by atoms with Gasteiger partial charge in [-0.25, -0.2) is 0 Å². The molecule has 106 valence electrons. The van der Waals surface area contributed by atoms with Crippen LogP contribution in [0.5, 0.6) is 11.5 Å². The van der Waals surface area contributed by atoms with Crippen LogP contribution in [-0.2, 0) is 4.79 Å². The molecule has 0 fully saturated rings. The Morgan fingerprint density at radius 2 is 1.84 bits per heavy atom. The average Bonchev–Trinajstić information content (AvgIpc) is 2.37. The second kappa shape index (κ2) is 7.63. The molecule has 1 amide bonds. The number of methoxy groups -OCH3 is 2. The molecule has 0 saturated carbocycles. The monoisotopic (exact) mass is 266 g/mol. The summed E-state index contributed by atoms with van der Waals surface area (Å²) in [6, 6.07) is 5.40. The highest BCUT2D eigenvalue weighted by Crippen LogP contribution is 2.25. The maximum absolute atomic E-state index is 11.8. The number of carbonyl (C=O) groups excluding carboxylic acids is 1. The number of carbonyl (C=O) groups is 1. The molecule has 1 aromatic carbocycles. The van der Waals surface area contributed by atoms with Crippen molar-refractivity contribution in [3.8, 4) is 11.5 Å². The lowest BCUT2D eigenvalue weighted by Crippen LogP contribution is -2.16. The summed E-state index contributed by atoms with van der Waals surface area (Å²) in [4.78, 5) is 11.8. The molecule has 0 aliphatic heterocycles. The van der Waals surface area contributed by atoms with E-state index in [-0.39, 0.29) is 11.9 Å². The number of nitrogens with two attached hydrogens (primary N) is 1. The summed E-state index contributed by atoms with van der Waals surface area (Å²) in [5, 5.41) is 2.83. The smallest absolute Gasteiger partial charge is 0.224 e. The Kier molecular flexibility index (Phi) is 6.15. The van der Waals surface area contributed by atoms with Crippen LogP contribution in [0.1, 0.15) is 26.2 Å². The molecule has 5 nitrogen and oxygen atoms in total. The lowest BCUT2D eigenvalue weighted by Gasteiger charge is -2.10. The molecule has 1 aromatic rings. The van der Waals surface area contributed by atoms with Crippen LogP contribution < -0.4 is 20.5 Å². The number of anilines is 1. The van der Waals surface area contributed by atoms with Gasteiger partial charge in [0.2, 0.25) is 5.91 Å². The molecule has 0 radical (unpaired) electrons. The van der Waals surface area contributed by atoms with Crippen molar-refractivity contribution in [1.29, 1.82) is 0 Å². The Morgan fingerprint density at radius 3 is 2.32 bits per heavy atom. The number of amides is 1. The van der Waals surface area contributed by atoms with Crippen molar-refractivity contribution in [2.24, 2.45) is 5.73 Å². The van der Waals surface area contributed by atoms with Crippen LogP contribution in [0.2, 0.25) is 0 Å². The molecule has 0 spiro atoms. The first kappa shape index (κ1) is 15.3. The molecule has 3 N–H and O–H groups in total. The summed E-state index contributed by atoms with van der Waals surface area (Å²) in [5.41, 5.74) is 6.31. The van der Waals surface area contributed by atoms with Crippen molar-refractivity contribution in [3.05, 3.63) is 18.2 Å². The van der Waals surface area contributed by atoms with E-state index in [4.69, 9.17) is 15.2 Å². The first-order chi connectivity index (χ1) is 9.05. The van der Waals surface area contributed by atoms with E-state index in [0.29, 0.717) is 23.6 Å². The highest BCUT2D eigenvalue weighted by atomic mass is 16.5. The Bertz CT molecular complexity index is 397. The van der Waals surface area contributed by atoms with E-state index in [1.165, 1.54) is 0 Å². The van der Waals surface area contributed by atoms with Gasteiger partial charge in [-0.15, -0.1) is 0 Å². The van der Waals surface area contributed by atoms with E-state index in [1.807, 2.05) is 6.92 Å². The molecule has 0 saturated heterocycles. The normalized spacial score (nSPS) is 11.8. The lowest BCUT2D eigenvalue weighted by atomic mass is 10.1. The SMILES string of the molecule is COc1cc(NC(=O)CCCC(C)N)cc(OC)c1. The van der Waals surface area contributed by atoms with Crippen LogP contribution in [0, 0.1) is 0 Å². The standard InChI is InChI=1S/C14H22N2O3/c1-10(15)5-4-6-14(17)16-11-7-12(18-2)9-13(8-11)19-3/h7-10H,4-6,15H2,1-3H3,(H,16,17). The van der Waals surface area contributed by atoms with Crippen molar-refractivity contribution < 1.29 is 14.3 Å². The third-order valence-corrected chi connectivity index (χ3v) is 2.70. The van der Waals surface area contributed by atoms with Gasteiger partial charge in [-0.1, -0.05) is 0 Å². The maximum atomic E-state index is 11.8. The lowest BCUT2D eigenvalue weighted by molar-refractivity contribution is -0.116. The molecule has 0 aliphatic rings. The Balaban J connectivity index is 2.58. The number of benzene rings is 1. The third-order valence-electron chi connectivity index (χ3n) is 2.70. The summed E-state index contributed by atoms with van der Waals surface area (Å²) >= 11 is 0. The number of nitrogens with one attached hydrogen (secondary N) is 1. The number of hydrogen-bond donors (Lipinski definition) is 2. The van der Waals surface area contributed by atoms with Crippen LogP contribution in [0.15, 0.2) is 18.2 Å². The van der Waals surface area contributed by atoms with Gasteiger partial charge in [-0.3, -0.25) is 4.79 Å². The van der Waals surface area contributed by atoms with E-state index in [1.54, 1.807) is 32.4 Å². The summed E-state index contributed by atoms with van der Waals surface area (Å²) in [7, 11) is 3.14. The van der Waals surface area contributed by atoms with E-state index in [9.17, 15) is 4.79 Å². The fourth-order valence-electron chi connectivity index (χ4n) is 1.69. The van der Waals surface area contributed by atoms with Gasteiger partial charge >= 0.3 is 0 Å². The molecule has 1 unspecified atom stereocenters. The number of ether oxygens (including phenoxy) is 2.